The monoisotopic (exact) mass is 643 g/mol. The predicted molar refractivity (Wildman–Crippen MR) is 147 cm³/mol. The van der Waals surface area contributed by atoms with Crippen LogP contribution < -0.4 is 15.4 Å². The third-order valence-corrected chi connectivity index (χ3v) is 7.43. The first-order chi connectivity index (χ1) is 15.8. The maximum Gasteiger partial charge on any atom is 0.257 e. The molecular formula is C22H13Br2Cl2N3O2S2. The van der Waals surface area contributed by atoms with E-state index in [2.05, 4.69) is 42.5 Å². The molecule has 0 bridgehead atoms. The second-order valence-electron chi connectivity index (χ2n) is 6.68. The first-order valence-corrected chi connectivity index (χ1v) is 12.8. The highest BCUT2D eigenvalue weighted by atomic mass is 79.9. The van der Waals surface area contributed by atoms with Crippen LogP contribution in [0, 0.1) is 0 Å². The highest BCUT2D eigenvalue weighted by molar-refractivity contribution is 9.11. The van der Waals surface area contributed by atoms with Crippen molar-refractivity contribution in [3.63, 3.8) is 0 Å². The highest BCUT2D eigenvalue weighted by Gasteiger charge is 2.18. The number of halogens is 4. The Morgan fingerprint density at radius 2 is 1.82 bits per heavy atom. The number of carbonyl (C=O) groups excluding carboxylic acids is 1. The van der Waals surface area contributed by atoms with E-state index in [1.165, 1.54) is 19.2 Å². The third-order valence-electron chi connectivity index (χ3n) is 4.51. The quantitative estimate of drug-likeness (QED) is 0.221. The van der Waals surface area contributed by atoms with Gasteiger partial charge in [0, 0.05) is 20.1 Å². The molecule has 0 saturated carbocycles. The van der Waals surface area contributed by atoms with Gasteiger partial charge in [-0.1, -0.05) is 51.3 Å². The topological polar surface area (TPSA) is 63.2 Å². The van der Waals surface area contributed by atoms with Gasteiger partial charge in [-0.3, -0.25) is 10.1 Å². The molecule has 11 heteroatoms. The van der Waals surface area contributed by atoms with Gasteiger partial charge < -0.3 is 10.1 Å². The van der Waals surface area contributed by atoms with Crippen LogP contribution in [-0.4, -0.2) is 23.1 Å². The van der Waals surface area contributed by atoms with Gasteiger partial charge in [-0.15, -0.1) is 11.3 Å². The van der Waals surface area contributed by atoms with Crippen LogP contribution in [0.3, 0.4) is 0 Å². The van der Waals surface area contributed by atoms with Gasteiger partial charge in [0.05, 0.1) is 33.1 Å². The minimum atomic E-state index is -0.464. The Kier molecular flexibility index (Phi) is 7.57. The Balaban J connectivity index is 1.61. The lowest BCUT2D eigenvalue weighted by Crippen LogP contribution is -2.34. The first-order valence-electron chi connectivity index (χ1n) is 9.27. The van der Waals surface area contributed by atoms with Gasteiger partial charge in [-0.05, 0) is 64.5 Å². The molecule has 4 aromatic rings. The second-order valence-corrected chi connectivity index (χ2v) is 10.7. The van der Waals surface area contributed by atoms with Crippen molar-refractivity contribution in [2.24, 2.45) is 0 Å². The van der Waals surface area contributed by atoms with Crippen LogP contribution in [0.2, 0.25) is 10.0 Å². The number of fused-ring (bicyclic) bond motifs is 1. The number of amides is 1. The van der Waals surface area contributed by atoms with Crippen LogP contribution in [0.5, 0.6) is 5.75 Å². The Morgan fingerprint density at radius 3 is 2.48 bits per heavy atom. The summed E-state index contributed by atoms with van der Waals surface area (Å²) in [7, 11) is 1.45. The molecule has 5 nitrogen and oxygen atoms in total. The lowest BCUT2D eigenvalue weighted by Gasteiger charge is -2.15. The van der Waals surface area contributed by atoms with Crippen molar-refractivity contribution in [1.29, 1.82) is 0 Å². The van der Waals surface area contributed by atoms with Crippen molar-refractivity contribution in [3.05, 3.63) is 73.1 Å². The number of thiocarbonyl (C=S) groups is 1. The second kappa shape index (κ2) is 10.2. The van der Waals surface area contributed by atoms with Gasteiger partial charge in [0.2, 0.25) is 0 Å². The average molecular weight is 646 g/mol. The molecule has 0 aliphatic carbocycles. The van der Waals surface area contributed by atoms with E-state index in [1.54, 1.807) is 11.3 Å². The first kappa shape index (κ1) is 24.4. The maximum absolute atomic E-state index is 12.7. The van der Waals surface area contributed by atoms with Crippen LogP contribution in [0.4, 0.5) is 5.69 Å². The third kappa shape index (κ3) is 5.34. The predicted octanol–water partition coefficient (Wildman–Crippen LogP) is 7.93. The van der Waals surface area contributed by atoms with Gasteiger partial charge in [0.15, 0.2) is 10.9 Å². The van der Waals surface area contributed by atoms with Gasteiger partial charge in [0.25, 0.3) is 5.91 Å². The minimum absolute atomic E-state index is 0.105. The molecular weight excluding hydrogens is 633 g/mol. The summed E-state index contributed by atoms with van der Waals surface area (Å²) in [6, 6.07) is 14.7. The maximum atomic E-state index is 12.7. The lowest BCUT2D eigenvalue weighted by atomic mass is 10.2. The van der Waals surface area contributed by atoms with Gasteiger partial charge >= 0.3 is 0 Å². The number of hydrogen-bond acceptors (Lipinski definition) is 5. The zero-order chi connectivity index (χ0) is 23.7. The number of para-hydroxylation sites is 1. The molecule has 168 valence electrons. The molecule has 0 aliphatic rings. The molecule has 0 atom stereocenters. The smallest absolute Gasteiger partial charge is 0.257 e. The summed E-state index contributed by atoms with van der Waals surface area (Å²) >= 11 is 26.4. The fraction of sp³-hybridized carbons (Fsp3) is 0.0455. The van der Waals surface area contributed by atoms with Crippen LogP contribution in [0.1, 0.15) is 10.4 Å². The van der Waals surface area contributed by atoms with Crippen molar-refractivity contribution in [2.45, 2.75) is 0 Å². The standard InChI is InChI=1S/C22H13Br2Cl2N3O2S2/c1-31-19-14(25)6-10(7-15(19)26)20(30)29-22(32)28-18-12(8-11(23)9-13(18)24)21-27-16-4-2-3-5-17(16)33-21/h2-9H,1H3,(H2,28,29,30,32). The molecule has 33 heavy (non-hydrogen) atoms. The number of thiazole rings is 1. The van der Waals surface area contributed by atoms with Crippen molar-refractivity contribution >= 4 is 106 Å². The van der Waals surface area contributed by atoms with E-state index in [4.69, 9.17) is 45.1 Å². The van der Waals surface area contributed by atoms with Crippen LogP contribution in [-0.2, 0) is 0 Å². The van der Waals surface area contributed by atoms with E-state index in [-0.39, 0.29) is 20.7 Å². The summed E-state index contributed by atoms with van der Waals surface area (Å²) in [4.78, 5) is 17.5. The molecule has 1 heterocycles. The zero-order valence-corrected chi connectivity index (χ0v) is 23.0. The molecule has 2 N–H and O–H groups in total. The molecule has 0 fully saturated rings. The Hall–Kier alpha value is -1.75. The van der Waals surface area contributed by atoms with Gasteiger partial charge in [-0.25, -0.2) is 4.98 Å². The SMILES string of the molecule is COc1c(Cl)cc(C(=O)NC(=S)Nc2c(Br)cc(Br)cc2-c2nc3ccccc3s2)cc1Cl. The molecule has 0 spiro atoms. The van der Waals surface area contributed by atoms with Crippen LogP contribution >= 0.6 is 78.6 Å². The largest absolute Gasteiger partial charge is 0.494 e. The summed E-state index contributed by atoms with van der Waals surface area (Å²) in [6.07, 6.45) is 0. The number of hydrogen-bond donors (Lipinski definition) is 2. The number of rotatable bonds is 4. The zero-order valence-electron chi connectivity index (χ0n) is 16.7. The van der Waals surface area contributed by atoms with Crippen molar-refractivity contribution in [1.82, 2.24) is 10.3 Å². The number of benzene rings is 3. The van der Waals surface area contributed by atoms with E-state index in [0.717, 1.165) is 29.7 Å². The number of nitrogens with one attached hydrogen (secondary N) is 2. The fourth-order valence-electron chi connectivity index (χ4n) is 3.06. The number of methoxy groups -OCH3 is 1. The number of ether oxygens (including phenoxy) is 1. The fourth-order valence-corrected chi connectivity index (χ4v) is 6.21. The van der Waals surface area contributed by atoms with Gasteiger partial charge in [-0.2, -0.15) is 0 Å². The Morgan fingerprint density at radius 1 is 1.12 bits per heavy atom. The van der Waals surface area contributed by atoms with E-state index >= 15 is 0 Å². The molecule has 0 unspecified atom stereocenters. The molecule has 1 aromatic heterocycles. The van der Waals surface area contributed by atoms with E-state index < -0.39 is 5.91 Å². The summed E-state index contributed by atoms with van der Waals surface area (Å²) in [5, 5.41) is 7.13. The summed E-state index contributed by atoms with van der Waals surface area (Å²) < 4.78 is 7.81. The summed E-state index contributed by atoms with van der Waals surface area (Å²) in [6.45, 7) is 0. The molecule has 4 rings (SSSR count). The molecule has 1 amide bonds. The normalized spacial score (nSPS) is 10.8. The molecule has 0 aliphatic heterocycles. The molecule has 3 aromatic carbocycles. The van der Waals surface area contributed by atoms with Crippen LogP contribution in [0.15, 0.2) is 57.5 Å². The van der Waals surface area contributed by atoms with Crippen molar-refractivity contribution < 1.29 is 9.53 Å². The highest BCUT2D eigenvalue weighted by Crippen LogP contribution is 2.40. The minimum Gasteiger partial charge on any atom is -0.494 e. The Labute approximate surface area is 225 Å². The number of anilines is 1. The molecule has 0 saturated heterocycles. The molecule has 0 radical (unpaired) electrons. The number of aromatic nitrogens is 1. The Bertz CT molecular complexity index is 1360. The van der Waals surface area contributed by atoms with E-state index in [9.17, 15) is 4.79 Å². The van der Waals surface area contributed by atoms with Crippen molar-refractivity contribution in [3.8, 4) is 16.3 Å². The number of nitrogens with zero attached hydrogens (tertiary/aromatic N) is 1. The van der Waals surface area contributed by atoms with Crippen molar-refractivity contribution in [2.75, 3.05) is 12.4 Å². The van der Waals surface area contributed by atoms with E-state index in [0.29, 0.717) is 11.4 Å². The summed E-state index contributed by atoms with van der Waals surface area (Å²) in [5.74, 6) is -0.163. The summed E-state index contributed by atoms with van der Waals surface area (Å²) in [5.41, 5.74) is 2.65. The van der Waals surface area contributed by atoms with E-state index in [1.807, 2.05) is 36.4 Å². The number of carbonyl (C=O) groups is 1. The lowest BCUT2D eigenvalue weighted by molar-refractivity contribution is 0.0977. The van der Waals surface area contributed by atoms with Gasteiger partial charge in [0.1, 0.15) is 5.01 Å². The van der Waals surface area contributed by atoms with Crippen LogP contribution in [0.25, 0.3) is 20.8 Å². The average Bonchev–Trinajstić information content (AvgIpc) is 3.19.